The number of thiazole rings is 1. The van der Waals surface area contributed by atoms with Gasteiger partial charge in [-0.05, 0) is 26.7 Å². The van der Waals surface area contributed by atoms with Gasteiger partial charge in [-0.3, -0.25) is 4.79 Å². The number of rotatable bonds is 7. The zero-order valence-corrected chi connectivity index (χ0v) is 12.7. The molecular formula is C14H24N2OS. The fourth-order valence-electron chi connectivity index (χ4n) is 1.89. The number of aryl methyl sites for hydroxylation is 1. The Morgan fingerprint density at radius 3 is 2.72 bits per heavy atom. The minimum Gasteiger partial charge on any atom is -0.340 e. The van der Waals surface area contributed by atoms with E-state index in [2.05, 4.69) is 25.8 Å². The third-order valence-corrected chi connectivity index (χ3v) is 4.02. The Kier molecular flexibility index (Phi) is 6.33. The van der Waals surface area contributed by atoms with Crippen molar-refractivity contribution in [1.82, 2.24) is 9.88 Å². The Labute approximate surface area is 114 Å². The minimum absolute atomic E-state index is 0.211. The lowest BCUT2D eigenvalue weighted by atomic mass is 10.1. The van der Waals surface area contributed by atoms with Gasteiger partial charge in [0.2, 0.25) is 5.91 Å². The first-order valence-corrected chi connectivity index (χ1v) is 7.66. The first kappa shape index (κ1) is 15.2. The first-order chi connectivity index (χ1) is 8.58. The van der Waals surface area contributed by atoms with E-state index in [1.54, 1.807) is 11.3 Å². The maximum absolute atomic E-state index is 12.3. The van der Waals surface area contributed by atoms with Crippen molar-refractivity contribution in [3.05, 3.63) is 16.1 Å². The highest BCUT2D eigenvalue weighted by Gasteiger charge is 2.19. The number of aromatic nitrogens is 1. The SMILES string of the molecule is CCCCN(C(=O)Cc1csc(C)n1)C(C)CC. The molecular weight excluding hydrogens is 244 g/mol. The fourth-order valence-corrected chi connectivity index (χ4v) is 2.50. The molecule has 0 aliphatic heterocycles. The molecule has 1 amide bonds. The second-order valence-corrected chi connectivity index (χ2v) is 5.79. The molecule has 1 unspecified atom stereocenters. The molecule has 1 atom stereocenters. The summed E-state index contributed by atoms with van der Waals surface area (Å²) >= 11 is 1.61. The van der Waals surface area contributed by atoms with E-state index in [1.807, 2.05) is 17.2 Å². The maximum Gasteiger partial charge on any atom is 0.228 e. The highest BCUT2D eigenvalue weighted by Crippen LogP contribution is 2.12. The van der Waals surface area contributed by atoms with E-state index in [9.17, 15) is 4.79 Å². The lowest BCUT2D eigenvalue weighted by Crippen LogP contribution is -2.40. The van der Waals surface area contributed by atoms with Crippen molar-refractivity contribution in [3.8, 4) is 0 Å². The Hall–Kier alpha value is -0.900. The molecule has 1 aromatic heterocycles. The first-order valence-electron chi connectivity index (χ1n) is 6.78. The number of amides is 1. The molecule has 4 heteroatoms. The van der Waals surface area contributed by atoms with E-state index in [1.165, 1.54) is 0 Å². The van der Waals surface area contributed by atoms with Gasteiger partial charge >= 0.3 is 0 Å². The van der Waals surface area contributed by atoms with Crippen molar-refractivity contribution in [3.63, 3.8) is 0 Å². The predicted octanol–water partition coefficient (Wildman–Crippen LogP) is 3.42. The quantitative estimate of drug-likeness (QED) is 0.759. The van der Waals surface area contributed by atoms with Gasteiger partial charge in [-0.1, -0.05) is 20.3 Å². The van der Waals surface area contributed by atoms with E-state index >= 15 is 0 Å². The van der Waals surface area contributed by atoms with Crippen molar-refractivity contribution in [2.24, 2.45) is 0 Å². The number of hydrogen-bond donors (Lipinski definition) is 0. The van der Waals surface area contributed by atoms with Crippen molar-refractivity contribution in [1.29, 1.82) is 0 Å². The molecule has 0 saturated heterocycles. The van der Waals surface area contributed by atoms with Crippen LogP contribution in [0.4, 0.5) is 0 Å². The van der Waals surface area contributed by atoms with Gasteiger partial charge in [-0.15, -0.1) is 11.3 Å². The van der Waals surface area contributed by atoms with E-state index in [0.29, 0.717) is 12.5 Å². The van der Waals surface area contributed by atoms with Crippen LogP contribution in [0.3, 0.4) is 0 Å². The van der Waals surface area contributed by atoms with Crippen LogP contribution < -0.4 is 0 Å². The molecule has 3 nitrogen and oxygen atoms in total. The summed E-state index contributed by atoms with van der Waals surface area (Å²) in [6, 6.07) is 0.323. The molecule has 0 spiro atoms. The Balaban J connectivity index is 2.63. The zero-order chi connectivity index (χ0) is 13.5. The normalized spacial score (nSPS) is 12.4. The van der Waals surface area contributed by atoms with Crippen LogP contribution in [0, 0.1) is 6.92 Å². The number of nitrogens with zero attached hydrogens (tertiary/aromatic N) is 2. The van der Waals surface area contributed by atoms with Crippen molar-refractivity contribution in [2.75, 3.05) is 6.54 Å². The summed E-state index contributed by atoms with van der Waals surface area (Å²) in [4.78, 5) is 18.7. The molecule has 0 bridgehead atoms. The third kappa shape index (κ3) is 4.41. The standard InChI is InChI=1S/C14H24N2OS/c1-5-7-8-16(11(3)6-2)14(17)9-13-10-18-12(4)15-13/h10-11H,5-9H2,1-4H3. The smallest absolute Gasteiger partial charge is 0.228 e. The van der Waals surface area contributed by atoms with Gasteiger partial charge in [-0.25, -0.2) is 4.98 Å². The summed E-state index contributed by atoms with van der Waals surface area (Å²) in [5.74, 6) is 0.211. The third-order valence-electron chi connectivity index (χ3n) is 3.19. The van der Waals surface area contributed by atoms with Crippen LogP contribution in [-0.2, 0) is 11.2 Å². The number of carbonyl (C=O) groups excluding carboxylic acids is 1. The van der Waals surface area contributed by atoms with Crippen molar-refractivity contribution in [2.45, 2.75) is 59.4 Å². The van der Waals surface area contributed by atoms with E-state index in [-0.39, 0.29) is 5.91 Å². The molecule has 0 aromatic carbocycles. The maximum atomic E-state index is 12.3. The topological polar surface area (TPSA) is 33.2 Å². The monoisotopic (exact) mass is 268 g/mol. The largest absolute Gasteiger partial charge is 0.340 e. The highest BCUT2D eigenvalue weighted by molar-refractivity contribution is 7.09. The average molecular weight is 268 g/mol. The molecule has 1 heterocycles. The van der Waals surface area contributed by atoms with Crippen LogP contribution in [0.15, 0.2) is 5.38 Å². The lowest BCUT2D eigenvalue weighted by molar-refractivity contribution is -0.132. The second kappa shape index (κ2) is 7.52. The highest BCUT2D eigenvalue weighted by atomic mass is 32.1. The second-order valence-electron chi connectivity index (χ2n) is 4.73. The van der Waals surface area contributed by atoms with E-state index in [4.69, 9.17) is 0 Å². The molecule has 0 aliphatic rings. The van der Waals surface area contributed by atoms with Crippen LogP contribution in [0.2, 0.25) is 0 Å². The van der Waals surface area contributed by atoms with Gasteiger partial charge in [0, 0.05) is 18.0 Å². The Morgan fingerprint density at radius 2 is 2.22 bits per heavy atom. The van der Waals surface area contributed by atoms with Gasteiger partial charge in [0.15, 0.2) is 0 Å². The van der Waals surface area contributed by atoms with Crippen LogP contribution in [0.25, 0.3) is 0 Å². The summed E-state index contributed by atoms with van der Waals surface area (Å²) in [6.45, 7) is 9.25. The Morgan fingerprint density at radius 1 is 1.50 bits per heavy atom. The van der Waals surface area contributed by atoms with Crippen molar-refractivity contribution < 1.29 is 4.79 Å². The van der Waals surface area contributed by atoms with Gasteiger partial charge in [0.05, 0.1) is 17.1 Å². The summed E-state index contributed by atoms with van der Waals surface area (Å²) in [5, 5.41) is 3.02. The summed E-state index contributed by atoms with van der Waals surface area (Å²) < 4.78 is 0. The zero-order valence-electron chi connectivity index (χ0n) is 11.9. The van der Waals surface area contributed by atoms with E-state index in [0.717, 1.165) is 36.5 Å². The van der Waals surface area contributed by atoms with Gasteiger partial charge in [0.25, 0.3) is 0 Å². The number of hydrogen-bond acceptors (Lipinski definition) is 3. The predicted molar refractivity (Wildman–Crippen MR) is 76.9 cm³/mol. The molecule has 0 saturated carbocycles. The molecule has 0 fully saturated rings. The van der Waals surface area contributed by atoms with Crippen LogP contribution in [0.1, 0.15) is 50.7 Å². The summed E-state index contributed by atoms with van der Waals surface area (Å²) in [5.41, 5.74) is 0.910. The molecule has 0 radical (unpaired) electrons. The van der Waals surface area contributed by atoms with E-state index < -0.39 is 0 Å². The number of carbonyl (C=O) groups is 1. The van der Waals surface area contributed by atoms with Crippen molar-refractivity contribution >= 4 is 17.2 Å². The minimum atomic E-state index is 0.211. The Bertz CT molecular complexity index is 376. The number of unbranched alkanes of at least 4 members (excludes halogenated alkanes) is 1. The molecule has 0 aliphatic carbocycles. The fraction of sp³-hybridized carbons (Fsp3) is 0.714. The molecule has 18 heavy (non-hydrogen) atoms. The lowest BCUT2D eigenvalue weighted by Gasteiger charge is -2.28. The van der Waals surface area contributed by atoms with Crippen LogP contribution in [0.5, 0.6) is 0 Å². The van der Waals surface area contributed by atoms with Crippen LogP contribution >= 0.6 is 11.3 Å². The molecule has 1 aromatic rings. The van der Waals surface area contributed by atoms with Gasteiger partial charge in [-0.2, -0.15) is 0 Å². The molecule has 1 rings (SSSR count). The van der Waals surface area contributed by atoms with Gasteiger partial charge in [0.1, 0.15) is 0 Å². The molecule has 0 N–H and O–H groups in total. The summed E-state index contributed by atoms with van der Waals surface area (Å²) in [7, 11) is 0. The average Bonchev–Trinajstić information content (AvgIpc) is 2.74. The van der Waals surface area contributed by atoms with Crippen LogP contribution in [-0.4, -0.2) is 28.4 Å². The summed E-state index contributed by atoms with van der Waals surface area (Å²) in [6.07, 6.45) is 3.64. The van der Waals surface area contributed by atoms with Gasteiger partial charge < -0.3 is 4.90 Å². The molecule has 102 valence electrons.